The van der Waals surface area contributed by atoms with Crippen molar-refractivity contribution in [3.63, 3.8) is 0 Å². The van der Waals surface area contributed by atoms with E-state index in [1.807, 2.05) is 36.4 Å². The predicted octanol–water partition coefficient (Wildman–Crippen LogP) is 4.07. The lowest BCUT2D eigenvalue weighted by atomic mass is 10.0. The van der Waals surface area contributed by atoms with Gasteiger partial charge < -0.3 is 19.5 Å². The van der Waals surface area contributed by atoms with Gasteiger partial charge in [0.25, 0.3) is 5.91 Å². The van der Waals surface area contributed by atoms with Crippen LogP contribution in [0.5, 0.6) is 11.5 Å². The monoisotopic (exact) mass is 426 g/mol. The minimum Gasteiger partial charge on any atom is -0.497 e. The third kappa shape index (κ3) is 6.97. The molecular formula is C25H34N2O4. The van der Waals surface area contributed by atoms with Gasteiger partial charge >= 0.3 is 0 Å². The normalized spacial score (nSPS) is 15.3. The van der Waals surface area contributed by atoms with Crippen LogP contribution in [-0.4, -0.2) is 57.4 Å². The molecule has 1 atom stereocenters. The van der Waals surface area contributed by atoms with Crippen molar-refractivity contribution in [2.75, 3.05) is 46.6 Å². The minimum absolute atomic E-state index is 0.0793. The molecule has 1 N–H and O–H groups in total. The summed E-state index contributed by atoms with van der Waals surface area (Å²) in [4.78, 5) is 15.1. The molecule has 168 valence electrons. The molecule has 0 unspecified atom stereocenters. The van der Waals surface area contributed by atoms with Gasteiger partial charge in [-0.05, 0) is 48.4 Å². The molecule has 0 bridgehead atoms. The van der Waals surface area contributed by atoms with Crippen molar-refractivity contribution in [3.05, 3.63) is 59.7 Å². The first-order valence-electron chi connectivity index (χ1n) is 11.2. The molecule has 3 rings (SSSR count). The van der Waals surface area contributed by atoms with Crippen LogP contribution < -0.4 is 14.8 Å². The van der Waals surface area contributed by atoms with Crippen molar-refractivity contribution in [2.24, 2.45) is 0 Å². The van der Waals surface area contributed by atoms with Crippen LogP contribution in [0.1, 0.15) is 48.1 Å². The van der Waals surface area contributed by atoms with E-state index in [9.17, 15) is 4.79 Å². The van der Waals surface area contributed by atoms with Gasteiger partial charge in [-0.2, -0.15) is 0 Å². The van der Waals surface area contributed by atoms with Crippen LogP contribution in [0, 0.1) is 0 Å². The summed E-state index contributed by atoms with van der Waals surface area (Å²) < 4.78 is 16.5. The second-order valence-corrected chi connectivity index (χ2v) is 7.73. The summed E-state index contributed by atoms with van der Waals surface area (Å²) in [7, 11) is 1.66. The third-order valence-corrected chi connectivity index (χ3v) is 5.58. The lowest BCUT2D eigenvalue weighted by molar-refractivity contribution is 0.0162. The van der Waals surface area contributed by atoms with E-state index in [1.165, 1.54) is 12.8 Å². The average Bonchev–Trinajstić information content (AvgIpc) is 2.83. The highest BCUT2D eigenvalue weighted by Gasteiger charge is 2.23. The number of hydrogen-bond donors (Lipinski definition) is 1. The zero-order valence-corrected chi connectivity index (χ0v) is 18.6. The maximum Gasteiger partial charge on any atom is 0.251 e. The zero-order valence-electron chi connectivity index (χ0n) is 18.6. The van der Waals surface area contributed by atoms with E-state index >= 15 is 0 Å². The quantitative estimate of drug-likeness (QED) is 0.549. The van der Waals surface area contributed by atoms with Crippen molar-refractivity contribution in [1.29, 1.82) is 0 Å². The van der Waals surface area contributed by atoms with Crippen molar-refractivity contribution in [1.82, 2.24) is 10.2 Å². The maximum atomic E-state index is 12.8. The van der Waals surface area contributed by atoms with E-state index in [2.05, 4.69) is 29.3 Å². The molecule has 2 aromatic rings. The number of carbonyl (C=O) groups excluding carboxylic acids is 1. The summed E-state index contributed by atoms with van der Waals surface area (Å²) in [6, 6.07) is 15.5. The third-order valence-electron chi connectivity index (χ3n) is 5.58. The molecule has 31 heavy (non-hydrogen) atoms. The largest absolute Gasteiger partial charge is 0.497 e. The molecule has 2 aromatic carbocycles. The first-order chi connectivity index (χ1) is 15.2. The number of nitrogens with one attached hydrogen (secondary N) is 1. The molecular weight excluding hydrogens is 392 g/mol. The fourth-order valence-corrected chi connectivity index (χ4v) is 3.71. The van der Waals surface area contributed by atoms with Crippen molar-refractivity contribution >= 4 is 5.91 Å². The number of carbonyl (C=O) groups is 1. The summed E-state index contributed by atoms with van der Waals surface area (Å²) >= 11 is 0. The highest BCUT2D eigenvalue weighted by Crippen LogP contribution is 2.24. The molecule has 0 aliphatic carbocycles. The Morgan fingerprint density at radius 3 is 2.35 bits per heavy atom. The summed E-state index contributed by atoms with van der Waals surface area (Å²) in [6.07, 6.45) is 3.39. The molecule has 0 radical (unpaired) electrons. The Labute approximate surface area is 185 Å². The number of amides is 1. The smallest absolute Gasteiger partial charge is 0.251 e. The fraction of sp³-hybridized carbons (Fsp3) is 0.480. The molecule has 1 heterocycles. The molecule has 1 aliphatic heterocycles. The Bertz CT molecular complexity index is 786. The highest BCUT2D eigenvalue weighted by molar-refractivity contribution is 5.94. The van der Waals surface area contributed by atoms with Crippen LogP contribution in [0.2, 0.25) is 0 Å². The van der Waals surface area contributed by atoms with Crippen LogP contribution in [0.3, 0.4) is 0 Å². The molecule has 0 saturated carbocycles. The van der Waals surface area contributed by atoms with Gasteiger partial charge in [-0.3, -0.25) is 9.69 Å². The SMILES string of the molecule is CCCCCOc1ccc(C(=O)NC[C@@H](c2ccc(OC)cc2)N2CCOCC2)cc1. The molecule has 1 amide bonds. The number of nitrogens with zero attached hydrogens (tertiary/aromatic N) is 1. The van der Waals surface area contributed by atoms with E-state index in [4.69, 9.17) is 14.2 Å². The van der Waals surface area contributed by atoms with Gasteiger partial charge in [-0.15, -0.1) is 0 Å². The van der Waals surface area contributed by atoms with Crippen LogP contribution >= 0.6 is 0 Å². The minimum atomic E-state index is -0.0793. The average molecular weight is 427 g/mol. The topological polar surface area (TPSA) is 60.0 Å². The van der Waals surface area contributed by atoms with Gasteiger partial charge in [0, 0.05) is 25.2 Å². The Kier molecular flexibility index (Phi) is 9.18. The first kappa shape index (κ1) is 23.1. The lowest BCUT2D eigenvalue weighted by Gasteiger charge is -2.35. The van der Waals surface area contributed by atoms with E-state index in [-0.39, 0.29) is 11.9 Å². The number of rotatable bonds is 11. The first-order valence-corrected chi connectivity index (χ1v) is 11.2. The highest BCUT2D eigenvalue weighted by atomic mass is 16.5. The summed E-state index contributed by atoms with van der Waals surface area (Å²) in [5.74, 6) is 1.55. The standard InChI is InChI=1S/C25H34N2O4/c1-3-4-5-16-31-23-12-8-21(9-13-23)25(28)26-19-24(27-14-17-30-18-15-27)20-6-10-22(29-2)11-7-20/h6-13,24H,3-5,14-19H2,1-2H3,(H,26,28)/t24-/m0/s1. The number of morpholine rings is 1. The number of hydrogen-bond acceptors (Lipinski definition) is 5. The molecule has 6 nitrogen and oxygen atoms in total. The molecule has 0 aromatic heterocycles. The van der Waals surface area contributed by atoms with E-state index in [1.54, 1.807) is 7.11 Å². The fourth-order valence-electron chi connectivity index (χ4n) is 3.71. The molecule has 0 spiro atoms. The molecule has 1 saturated heterocycles. The second kappa shape index (κ2) is 12.3. The van der Waals surface area contributed by atoms with Crippen LogP contribution in [0.25, 0.3) is 0 Å². The molecule has 1 fully saturated rings. The maximum absolute atomic E-state index is 12.8. The summed E-state index contributed by atoms with van der Waals surface area (Å²) in [5, 5.41) is 3.11. The molecule has 1 aliphatic rings. The number of unbranched alkanes of at least 4 members (excludes halogenated alkanes) is 2. The molecule has 6 heteroatoms. The number of benzene rings is 2. The van der Waals surface area contributed by atoms with Crippen LogP contribution in [0.4, 0.5) is 0 Å². The van der Waals surface area contributed by atoms with Gasteiger partial charge in [0.2, 0.25) is 0 Å². The van der Waals surface area contributed by atoms with Crippen molar-refractivity contribution in [3.8, 4) is 11.5 Å². The van der Waals surface area contributed by atoms with Crippen molar-refractivity contribution < 1.29 is 19.0 Å². The Balaban J connectivity index is 1.60. The number of methoxy groups -OCH3 is 1. The van der Waals surface area contributed by atoms with Crippen molar-refractivity contribution in [2.45, 2.75) is 32.2 Å². The van der Waals surface area contributed by atoms with Gasteiger partial charge in [0.05, 0.1) is 33.0 Å². The Morgan fingerprint density at radius 2 is 1.71 bits per heavy atom. The van der Waals surface area contributed by atoms with Gasteiger partial charge in [0.1, 0.15) is 11.5 Å². The number of ether oxygens (including phenoxy) is 3. The van der Waals surface area contributed by atoms with Gasteiger partial charge in [-0.25, -0.2) is 0 Å². The lowest BCUT2D eigenvalue weighted by Crippen LogP contribution is -2.43. The van der Waals surface area contributed by atoms with Crippen LogP contribution in [-0.2, 0) is 4.74 Å². The van der Waals surface area contributed by atoms with Crippen LogP contribution in [0.15, 0.2) is 48.5 Å². The summed E-state index contributed by atoms with van der Waals surface area (Å²) in [5.41, 5.74) is 1.79. The van der Waals surface area contributed by atoms with E-state index < -0.39 is 0 Å². The zero-order chi connectivity index (χ0) is 21.9. The van der Waals surface area contributed by atoms with Gasteiger partial charge in [0.15, 0.2) is 0 Å². The van der Waals surface area contributed by atoms with E-state index in [0.29, 0.717) is 31.9 Å². The Hall–Kier alpha value is -2.57. The van der Waals surface area contributed by atoms with Gasteiger partial charge in [-0.1, -0.05) is 31.9 Å². The Morgan fingerprint density at radius 1 is 1.03 bits per heavy atom. The predicted molar refractivity (Wildman–Crippen MR) is 122 cm³/mol. The van der Waals surface area contributed by atoms with E-state index in [0.717, 1.165) is 36.6 Å². The second-order valence-electron chi connectivity index (χ2n) is 7.73. The summed E-state index contributed by atoms with van der Waals surface area (Å²) in [6.45, 7) is 6.52.